The second kappa shape index (κ2) is 12.4. The number of aliphatic hydroxyl groups excluding tert-OH is 1. The lowest BCUT2D eigenvalue weighted by Gasteiger charge is -2.37. The van der Waals surface area contributed by atoms with Crippen molar-refractivity contribution >= 4 is 23.4 Å². The normalized spacial score (nSPS) is 20.6. The van der Waals surface area contributed by atoms with Gasteiger partial charge in [-0.1, -0.05) is 45.4 Å². The maximum Gasteiger partial charge on any atom is 0.251 e. The Morgan fingerprint density at radius 3 is 2.58 bits per heavy atom. The molecule has 1 aliphatic rings. The molecule has 0 bridgehead atoms. The van der Waals surface area contributed by atoms with Crippen LogP contribution >= 0.6 is 11.6 Å². The van der Waals surface area contributed by atoms with Gasteiger partial charge < -0.3 is 20.6 Å². The smallest absolute Gasteiger partial charge is 0.251 e. The number of β-amino-alcohol motifs (C(OH)–C–C–N with tert-alkyl or cyclic N) is 1. The van der Waals surface area contributed by atoms with E-state index in [1.807, 2.05) is 13.8 Å². The van der Waals surface area contributed by atoms with E-state index < -0.39 is 12.1 Å². The van der Waals surface area contributed by atoms with Gasteiger partial charge >= 0.3 is 0 Å². The van der Waals surface area contributed by atoms with Crippen LogP contribution in [-0.2, 0) is 4.79 Å². The molecule has 3 N–H and O–H groups in total. The molecule has 174 valence electrons. The molecule has 0 radical (unpaired) electrons. The summed E-state index contributed by atoms with van der Waals surface area (Å²) in [5, 5.41) is 16.9. The number of nitrogens with zero attached hydrogens (tertiary/aromatic N) is 1. The lowest BCUT2D eigenvalue weighted by atomic mass is 9.98. The van der Waals surface area contributed by atoms with Crippen molar-refractivity contribution in [3.05, 3.63) is 34.9 Å². The van der Waals surface area contributed by atoms with Crippen molar-refractivity contribution in [3.63, 3.8) is 0 Å². The average Bonchev–Trinajstić information content (AvgIpc) is 2.68. The SMILES string of the molecule is CC(C)CCCN1CCC(NC(=O)[C@H](CC(C)C)NC(=O)c2cccc(Cl)c2)C(O)C1. The van der Waals surface area contributed by atoms with Crippen LogP contribution in [0.1, 0.15) is 63.7 Å². The Hall–Kier alpha value is -1.63. The third kappa shape index (κ3) is 8.79. The topological polar surface area (TPSA) is 81.7 Å². The number of nitrogens with one attached hydrogen (secondary N) is 2. The first kappa shape index (κ1) is 25.6. The van der Waals surface area contributed by atoms with Gasteiger partial charge in [0.25, 0.3) is 5.91 Å². The fourth-order valence-corrected chi connectivity index (χ4v) is 4.14. The molecular formula is C24H38ClN3O3. The number of hydrogen-bond donors (Lipinski definition) is 3. The number of carbonyl (C=O) groups excluding carboxylic acids is 2. The molecule has 1 aromatic carbocycles. The van der Waals surface area contributed by atoms with Gasteiger partial charge in [0, 0.05) is 23.7 Å². The number of likely N-dealkylation sites (tertiary alicyclic amines) is 1. The highest BCUT2D eigenvalue weighted by atomic mass is 35.5. The Balaban J connectivity index is 1.92. The Kier molecular flexibility index (Phi) is 10.3. The first-order chi connectivity index (χ1) is 14.7. The zero-order chi connectivity index (χ0) is 23.0. The minimum absolute atomic E-state index is 0.225. The van der Waals surface area contributed by atoms with E-state index >= 15 is 0 Å². The summed E-state index contributed by atoms with van der Waals surface area (Å²) in [6.07, 6.45) is 2.90. The van der Waals surface area contributed by atoms with Crippen LogP contribution in [0.3, 0.4) is 0 Å². The van der Waals surface area contributed by atoms with Gasteiger partial charge in [-0.2, -0.15) is 0 Å². The molecule has 1 aliphatic heterocycles. The Bertz CT molecular complexity index is 726. The van der Waals surface area contributed by atoms with E-state index in [-0.39, 0.29) is 23.8 Å². The number of piperidine rings is 1. The van der Waals surface area contributed by atoms with Crippen molar-refractivity contribution < 1.29 is 14.7 Å². The fraction of sp³-hybridized carbons (Fsp3) is 0.667. The number of halogens is 1. The lowest BCUT2D eigenvalue weighted by Crippen LogP contribution is -2.57. The first-order valence-corrected chi connectivity index (χ1v) is 11.8. The second-order valence-electron chi connectivity index (χ2n) is 9.47. The summed E-state index contributed by atoms with van der Waals surface area (Å²) in [7, 11) is 0. The third-order valence-electron chi connectivity index (χ3n) is 5.67. The van der Waals surface area contributed by atoms with E-state index in [1.165, 1.54) is 6.42 Å². The summed E-state index contributed by atoms with van der Waals surface area (Å²) < 4.78 is 0. The van der Waals surface area contributed by atoms with Crippen molar-refractivity contribution in [3.8, 4) is 0 Å². The van der Waals surface area contributed by atoms with Crippen molar-refractivity contribution in [2.45, 2.75) is 71.6 Å². The van der Waals surface area contributed by atoms with Crippen molar-refractivity contribution in [1.29, 1.82) is 0 Å². The fourth-order valence-electron chi connectivity index (χ4n) is 3.95. The van der Waals surface area contributed by atoms with E-state index in [4.69, 9.17) is 11.6 Å². The van der Waals surface area contributed by atoms with Gasteiger partial charge in [-0.15, -0.1) is 0 Å². The zero-order valence-electron chi connectivity index (χ0n) is 19.2. The van der Waals surface area contributed by atoms with E-state index in [9.17, 15) is 14.7 Å². The Labute approximate surface area is 191 Å². The van der Waals surface area contributed by atoms with Crippen molar-refractivity contribution in [2.24, 2.45) is 11.8 Å². The van der Waals surface area contributed by atoms with Crippen LogP contribution in [0.25, 0.3) is 0 Å². The van der Waals surface area contributed by atoms with Crippen LogP contribution in [0.2, 0.25) is 5.02 Å². The molecule has 0 aromatic heterocycles. The summed E-state index contributed by atoms with van der Waals surface area (Å²) in [5.74, 6) is 0.329. The first-order valence-electron chi connectivity index (χ1n) is 11.4. The predicted octanol–water partition coefficient (Wildman–Crippen LogP) is 3.47. The second-order valence-corrected chi connectivity index (χ2v) is 9.91. The summed E-state index contributed by atoms with van der Waals surface area (Å²) in [4.78, 5) is 27.9. The third-order valence-corrected chi connectivity index (χ3v) is 5.90. The molecule has 0 saturated carbocycles. The van der Waals surface area contributed by atoms with Crippen molar-refractivity contribution in [2.75, 3.05) is 19.6 Å². The number of carbonyl (C=O) groups is 2. The molecule has 1 saturated heterocycles. The summed E-state index contributed by atoms with van der Waals surface area (Å²) >= 11 is 5.98. The van der Waals surface area contributed by atoms with Gasteiger partial charge in [0.05, 0.1) is 12.1 Å². The van der Waals surface area contributed by atoms with Gasteiger partial charge in [-0.25, -0.2) is 0 Å². The molecule has 0 spiro atoms. The van der Waals surface area contributed by atoms with Crippen LogP contribution < -0.4 is 10.6 Å². The van der Waals surface area contributed by atoms with Crippen molar-refractivity contribution in [1.82, 2.24) is 15.5 Å². The summed E-state index contributed by atoms with van der Waals surface area (Å²) in [5.41, 5.74) is 0.420. The van der Waals surface area contributed by atoms with Crippen LogP contribution in [0, 0.1) is 11.8 Å². The summed E-state index contributed by atoms with van der Waals surface area (Å²) in [6.45, 7) is 10.8. The molecule has 6 nitrogen and oxygen atoms in total. The summed E-state index contributed by atoms with van der Waals surface area (Å²) in [6, 6.07) is 5.70. The number of rotatable bonds is 10. The Morgan fingerprint density at radius 1 is 1.23 bits per heavy atom. The average molecular weight is 452 g/mol. The minimum atomic E-state index is -0.664. The largest absolute Gasteiger partial charge is 0.390 e. The van der Waals surface area contributed by atoms with Crippen LogP contribution in [0.5, 0.6) is 0 Å². The van der Waals surface area contributed by atoms with Gasteiger partial charge in [-0.3, -0.25) is 9.59 Å². The number of aliphatic hydroxyl groups is 1. The number of hydrogen-bond acceptors (Lipinski definition) is 4. The van der Waals surface area contributed by atoms with Crippen LogP contribution in [-0.4, -0.2) is 59.6 Å². The minimum Gasteiger partial charge on any atom is -0.390 e. The molecule has 0 aliphatic carbocycles. The van der Waals surface area contributed by atoms with Gasteiger partial charge in [0.1, 0.15) is 6.04 Å². The van der Waals surface area contributed by atoms with Crippen LogP contribution in [0.4, 0.5) is 0 Å². The van der Waals surface area contributed by atoms with E-state index in [2.05, 4.69) is 29.4 Å². The molecule has 2 unspecified atom stereocenters. The quantitative estimate of drug-likeness (QED) is 0.508. The molecule has 1 heterocycles. The molecule has 31 heavy (non-hydrogen) atoms. The highest BCUT2D eigenvalue weighted by Gasteiger charge is 2.31. The molecular weight excluding hydrogens is 414 g/mol. The molecule has 2 rings (SSSR count). The lowest BCUT2D eigenvalue weighted by molar-refractivity contribution is -0.125. The van der Waals surface area contributed by atoms with E-state index in [1.54, 1.807) is 24.3 Å². The van der Waals surface area contributed by atoms with E-state index in [0.29, 0.717) is 35.9 Å². The van der Waals surface area contributed by atoms with Gasteiger partial charge in [0.2, 0.25) is 5.91 Å². The molecule has 2 amide bonds. The number of amides is 2. The molecule has 1 aromatic rings. The molecule has 7 heteroatoms. The number of benzene rings is 1. The molecule has 1 fully saturated rings. The monoisotopic (exact) mass is 451 g/mol. The van der Waals surface area contributed by atoms with Crippen LogP contribution in [0.15, 0.2) is 24.3 Å². The molecule has 3 atom stereocenters. The predicted molar refractivity (Wildman–Crippen MR) is 125 cm³/mol. The van der Waals surface area contributed by atoms with Gasteiger partial charge in [0.15, 0.2) is 0 Å². The Morgan fingerprint density at radius 2 is 1.97 bits per heavy atom. The maximum atomic E-state index is 13.0. The zero-order valence-corrected chi connectivity index (χ0v) is 20.0. The highest BCUT2D eigenvalue weighted by molar-refractivity contribution is 6.31. The maximum absolute atomic E-state index is 13.0. The van der Waals surface area contributed by atoms with E-state index in [0.717, 1.165) is 19.5 Å². The van der Waals surface area contributed by atoms with Gasteiger partial charge in [-0.05, 0) is 62.3 Å². The highest BCUT2D eigenvalue weighted by Crippen LogP contribution is 2.15. The standard InChI is InChI=1S/C24H38ClN3O3/c1-16(2)7-6-11-28-12-10-20(22(29)15-28)26-24(31)21(13-17(3)4)27-23(30)18-8-5-9-19(25)14-18/h5,8-9,14,16-17,20-22,29H,6-7,10-13,15H2,1-4H3,(H,26,31)(H,27,30)/t20?,21-,22?/m0/s1.